The number of rotatable bonds is 3. The van der Waals surface area contributed by atoms with Crippen LogP contribution in [0.4, 0.5) is 0 Å². The molecule has 0 saturated carbocycles. The fourth-order valence-corrected chi connectivity index (χ4v) is 3.02. The van der Waals surface area contributed by atoms with E-state index >= 15 is 0 Å². The number of ether oxygens (including phenoxy) is 1. The molecule has 0 atom stereocenters. The summed E-state index contributed by atoms with van der Waals surface area (Å²) in [5, 5.41) is 2.31. The van der Waals surface area contributed by atoms with E-state index in [9.17, 15) is 0 Å². The van der Waals surface area contributed by atoms with Crippen molar-refractivity contribution in [3.8, 4) is 11.1 Å². The molecule has 0 aliphatic rings. The highest BCUT2D eigenvalue weighted by molar-refractivity contribution is 6.09. The molecule has 0 N–H and O–H groups in total. The summed E-state index contributed by atoms with van der Waals surface area (Å²) in [6.45, 7) is 0.590. The Balaban J connectivity index is 2.03. The van der Waals surface area contributed by atoms with Gasteiger partial charge in [0.2, 0.25) is 0 Å². The van der Waals surface area contributed by atoms with Crippen LogP contribution < -0.4 is 0 Å². The topological polar surface area (TPSA) is 22.4 Å². The predicted molar refractivity (Wildman–Crippen MR) is 89.9 cm³/mol. The summed E-state index contributed by atoms with van der Waals surface area (Å²) in [7, 11) is 1.72. The summed E-state index contributed by atoms with van der Waals surface area (Å²) in [5.74, 6) is 0. The van der Waals surface area contributed by atoms with E-state index in [1.165, 1.54) is 0 Å². The van der Waals surface area contributed by atoms with Crippen molar-refractivity contribution in [1.82, 2.24) is 0 Å². The smallest absolute Gasteiger partial charge is 0.143 e. The first-order chi connectivity index (χ1) is 10.9. The highest BCUT2D eigenvalue weighted by atomic mass is 16.5. The third-order valence-corrected chi connectivity index (χ3v) is 4.01. The zero-order valence-electron chi connectivity index (χ0n) is 12.4. The van der Waals surface area contributed by atoms with Gasteiger partial charge in [-0.2, -0.15) is 0 Å². The van der Waals surface area contributed by atoms with E-state index in [2.05, 4.69) is 42.5 Å². The molecule has 2 heteroatoms. The number of benzene rings is 3. The van der Waals surface area contributed by atoms with Gasteiger partial charge >= 0.3 is 0 Å². The van der Waals surface area contributed by atoms with Crippen molar-refractivity contribution in [3.63, 3.8) is 0 Å². The second kappa shape index (κ2) is 5.32. The number of para-hydroxylation sites is 2. The molecule has 108 valence electrons. The van der Waals surface area contributed by atoms with Crippen LogP contribution in [0.25, 0.3) is 33.1 Å². The lowest BCUT2D eigenvalue weighted by Gasteiger charge is -2.09. The van der Waals surface area contributed by atoms with E-state index in [1.807, 2.05) is 24.3 Å². The maximum atomic E-state index is 6.13. The monoisotopic (exact) mass is 288 g/mol. The lowest BCUT2D eigenvalue weighted by molar-refractivity contribution is 0.185. The van der Waals surface area contributed by atoms with Crippen molar-refractivity contribution in [2.45, 2.75) is 6.61 Å². The van der Waals surface area contributed by atoms with Crippen molar-refractivity contribution in [2.24, 2.45) is 0 Å². The molecule has 0 aliphatic carbocycles. The molecular formula is C20H16O2. The zero-order chi connectivity index (χ0) is 14.9. The molecule has 3 aromatic carbocycles. The predicted octanol–water partition coefficient (Wildman–Crippen LogP) is 5.40. The maximum Gasteiger partial charge on any atom is 0.143 e. The van der Waals surface area contributed by atoms with E-state index in [0.29, 0.717) is 6.61 Å². The number of hydrogen-bond acceptors (Lipinski definition) is 2. The summed E-state index contributed by atoms with van der Waals surface area (Å²) < 4.78 is 11.5. The van der Waals surface area contributed by atoms with Gasteiger partial charge in [0.15, 0.2) is 0 Å². The van der Waals surface area contributed by atoms with Crippen molar-refractivity contribution < 1.29 is 9.15 Å². The molecule has 1 aromatic heterocycles. The molecule has 0 bridgehead atoms. The first-order valence-corrected chi connectivity index (χ1v) is 7.36. The molecule has 4 rings (SSSR count). The average molecular weight is 288 g/mol. The minimum atomic E-state index is 0.590. The molecule has 2 nitrogen and oxygen atoms in total. The van der Waals surface area contributed by atoms with Crippen LogP contribution in [0.5, 0.6) is 0 Å². The SMILES string of the molecule is COCc1ccccc1-c1cccc2c1oc1ccccc12. The molecule has 1 heterocycles. The Kier molecular flexibility index (Phi) is 3.17. The molecule has 22 heavy (non-hydrogen) atoms. The molecule has 0 radical (unpaired) electrons. The second-order valence-corrected chi connectivity index (χ2v) is 5.37. The fraction of sp³-hybridized carbons (Fsp3) is 0.100. The van der Waals surface area contributed by atoms with Gasteiger partial charge in [-0.1, -0.05) is 60.7 Å². The normalized spacial score (nSPS) is 11.3. The van der Waals surface area contributed by atoms with Gasteiger partial charge in [-0.05, 0) is 17.2 Å². The van der Waals surface area contributed by atoms with Gasteiger partial charge < -0.3 is 9.15 Å². The molecule has 4 aromatic rings. The number of hydrogen-bond donors (Lipinski definition) is 0. The summed E-state index contributed by atoms with van der Waals surface area (Å²) >= 11 is 0. The van der Waals surface area contributed by atoms with Crippen LogP contribution in [0.1, 0.15) is 5.56 Å². The highest BCUT2D eigenvalue weighted by Crippen LogP contribution is 2.36. The molecular weight excluding hydrogens is 272 g/mol. The Morgan fingerprint density at radius 3 is 2.41 bits per heavy atom. The summed E-state index contributed by atoms with van der Waals surface area (Å²) in [4.78, 5) is 0. The van der Waals surface area contributed by atoms with Crippen molar-refractivity contribution in [3.05, 3.63) is 72.3 Å². The van der Waals surface area contributed by atoms with Gasteiger partial charge in [-0.3, -0.25) is 0 Å². The first kappa shape index (κ1) is 13.1. The van der Waals surface area contributed by atoms with Crippen LogP contribution in [-0.2, 0) is 11.3 Å². The number of methoxy groups -OCH3 is 1. The molecule has 0 aliphatic heterocycles. The summed E-state index contributed by atoms with van der Waals surface area (Å²) in [6.07, 6.45) is 0. The maximum absolute atomic E-state index is 6.13. The zero-order valence-corrected chi connectivity index (χ0v) is 12.4. The highest BCUT2D eigenvalue weighted by Gasteiger charge is 2.13. The molecule has 0 saturated heterocycles. The van der Waals surface area contributed by atoms with Crippen LogP contribution in [-0.4, -0.2) is 7.11 Å². The summed E-state index contributed by atoms with van der Waals surface area (Å²) in [5.41, 5.74) is 5.30. The Morgan fingerprint density at radius 1 is 0.773 bits per heavy atom. The van der Waals surface area contributed by atoms with Gasteiger partial charge in [0.25, 0.3) is 0 Å². The Morgan fingerprint density at radius 2 is 1.50 bits per heavy atom. The Bertz CT molecular complexity index is 950. The molecule has 0 unspecified atom stereocenters. The van der Waals surface area contributed by atoms with E-state index in [1.54, 1.807) is 7.11 Å². The molecule has 0 fully saturated rings. The third kappa shape index (κ3) is 2.00. The van der Waals surface area contributed by atoms with Crippen LogP contribution >= 0.6 is 0 Å². The quantitative estimate of drug-likeness (QED) is 0.503. The van der Waals surface area contributed by atoms with Gasteiger partial charge in [0, 0.05) is 23.4 Å². The second-order valence-electron chi connectivity index (χ2n) is 5.37. The standard InChI is InChI=1S/C20H16O2/c1-21-13-14-7-2-3-8-15(14)17-10-6-11-18-16-9-4-5-12-19(16)22-20(17)18/h2-12H,13H2,1H3. The lowest BCUT2D eigenvalue weighted by Crippen LogP contribution is -1.91. The van der Waals surface area contributed by atoms with Crippen molar-refractivity contribution in [2.75, 3.05) is 7.11 Å². The number of furan rings is 1. The van der Waals surface area contributed by atoms with Crippen LogP contribution in [0.2, 0.25) is 0 Å². The number of fused-ring (bicyclic) bond motifs is 3. The third-order valence-electron chi connectivity index (χ3n) is 4.01. The first-order valence-electron chi connectivity index (χ1n) is 7.36. The van der Waals surface area contributed by atoms with E-state index in [0.717, 1.165) is 38.6 Å². The van der Waals surface area contributed by atoms with Crippen LogP contribution in [0.3, 0.4) is 0 Å². The van der Waals surface area contributed by atoms with Gasteiger partial charge in [0.05, 0.1) is 6.61 Å². The van der Waals surface area contributed by atoms with E-state index in [4.69, 9.17) is 9.15 Å². The lowest BCUT2D eigenvalue weighted by atomic mass is 9.98. The van der Waals surface area contributed by atoms with Crippen molar-refractivity contribution >= 4 is 21.9 Å². The largest absolute Gasteiger partial charge is 0.455 e. The fourth-order valence-electron chi connectivity index (χ4n) is 3.02. The van der Waals surface area contributed by atoms with Crippen LogP contribution in [0, 0.1) is 0 Å². The van der Waals surface area contributed by atoms with Crippen LogP contribution in [0.15, 0.2) is 71.1 Å². The van der Waals surface area contributed by atoms with Crippen molar-refractivity contribution in [1.29, 1.82) is 0 Å². The average Bonchev–Trinajstić information content (AvgIpc) is 2.94. The minimum absolute atomic E-state index is 0.590. The Labute approximate surface area is 128 Å². The summed E-state index contributed by atoms with van der Waals surface area (Å²) in [6, 6.07) is 22.8. The van der Waals surface area contributed by atoms with E-state index < -0.39 is 0 Å². The molecule has 0 amide bonds. The van der Waals surface area contributed by atoms with Gasteiger partial charge in [-0.25, -0.2) is 0 Å². The van der Waals surface area contributed by atoms with Gasteiger partial charge in [-0.15, -0.1) is 0 Å². The minimum Gasteiger partial charge on any atom is -0.455 e. The van der Waals surface area contributed by atoms with E-state index in [-0.39, 0.29) is 0 Å². The van der Waals surface area contributed by atoms with Gasteiger partial charge in [0.1, 0.15) is 11.2 Å². The molecule has 0 spiro atoms. The Hall–Kier alpha value is -2.58.